The number of carbonyl (C=O) groups is 4. The molecule has 166 valence electrons. The van der Waals surface area contributed by atoms with Crippen molar-refractivity contribution in [2.24, 2.45) is 0 Å². The Kier molecular flexibility index (Phi) is 5.90. The van der Waals surface area contributed by atoms with Gasteiger partial charge in [-0.2, -0.15) is 5.06 Å². The number of imide groups is 2. The van der Waals surface area contributed by atoms with Gasteiger partial charge in [0.1, 0.15) is 12.1 Å². The minimum Gasteiger partial charge on any atom is -0.312 e. The van der Waals surface area contributed by atoms with Crippen molar-refractivity contribution in [3.05, 3.63) is 59.7 Å². The number of nitrogens with zero attached hydrogens (tertiary/aromatic N) is 3. The molecule has 0 aromatic heterocycles. The molecule has 0 radical (unpaired) electrons. The van der Waals surface area contributed by atoms with Gasteiger partial charge >= 0.3 is 0 Å². The molecule has 1 N–H and O–H groups in total. The van der Waals surface area contributed by atoms with Crippen LogP contribution in [0, 0.1) is 0 Å². The Morgan fingerprint density at radius 3 is 1.38 bits per heavy atom. The van der Waals surface area contributed by atoms with Crippen LogP contribution in [0.5, 0.6) is 0 Å². The maximum absolute atomic E-state index is 13.0. The molecular weight excluding hydrogens is 410 g/mol. The zero-order valence-corrected chi connectivity index (χ0v) is 18.0. The van der Waals surface area contributed by atoms with E-state index in [-0.39, 0.29) is 12.8 Å². The number of benzene rings is 2. The fourth-order valence-electron chi connectivity index (χ4n) is 4.17. The summed E-state index contributed by atoms with van der Waals surface area (Å²) in [6, 6.07) is 11.6. The van der Waals surface area contributed by atoms with Crippen molar-refractivity contribution in [1.82, 2.24) is 5.06 Å². The Morgan fingerprint density at radius 2 is 1.06 bits per heavy atom. The average molecular weight is 435 g/mol. The van der Waals surface area contributed by atoms with E-state index < -0.39 is 35.7 Å². The van der Waals surface area contributed by atoms with Crippen LogP contribution in [-0.4, -0.2) is 46.0 Å². The molecule has 4 amide bonds. The molecule has 0 bridgehead atoms. The average Bonchev–Trinajstić information content (AvgIpc) is 3.27. The van der Waals surface area contributed by atoms with Crippen molar-refractivity contribution in [1.29, 1.82) is 0 Å². The highest BCUT2D eigenvalue weighted by atomic mass is 16.5. The third-order valence-corrected chi connectivity index (χ3v) is 6.09. The fraction of sp³-hybridized carbons (Fsp3) is 0.333. The predicted molar refractivity (Wildman–Crippen MR) is 117 cm³/mol. The van der Waals surface area contributed by atoms with Crippen LogP contribution in [0.4, 0.5) is 11.4 Å². The standard InChI is InChI=1S/C24H25N3O5/c1-3-15-5-9-17(10-6-15)25-21(28)13-19(23(25)30)27(32)20-14-22(29)26(24(20)31)18-11-7-16(4-2)8-12-18/h5-12,19-20,32H,3-4,13-14H2,1-2H3/t19-,20+. The maximum atomic E-state index is 13.0. The quantitative estimate of drug-likeness (QED) is 0.553. The first-order valence-electron chi connectivity index (χ1n) is 10.7. The van der Waals surface area contributed by atoms with E-state index in [0.29, 0.717) is 16.4 Å². The summed E-state index contributed by atoms with van der Waals surface area (Å²) in [5.41, 5.74) is 2.96. The predicted octanol–water partition coefficient (Wildman–Crippen LogP) is 2.47. The summed E-state index contributed by atoms with van der Waals surface area (Å²) < 4.78 is 0. The zero-order valence-electron chi connectivity index (χ0n) is 18.0. The van der Waals surface area contributed by atoms with Crippen LogP contribution in [0.2, 0.25) is 0 Å². The Labute approximate surface area is 186 Å². The number of hydroxylamine groups is 2. The summed E-state index contributed by atoms with van der Waals surface area (Å²) in [5, 5.41) is 11.3. The van der Waals surface area contributed by atoms with Crippen LogP contribution in [0.25, 0.3) is 0 Å². The Hall–Kier alpha value is -3.36. The largest absolute Gasteiger partial charge is 0.312 e. The Morgan fingerprint density at radius 1 is 0.719 bits per heavy atom. The minimum atomic E-state index is -1.22. The molecule has 8 heteroatoms. The molecule has 2 saturated heterocycles. The third kappa shape index (κ3) is 3.72. The van der Waals surface area contributed by atoms with Crippen LogP contribution in [0.15, 0.2) is 48.5 Å². The SMILES string of the molecule is CCc1ccc(N2C(=O)C[C@@H](N(O)[C@H]3CC(=O)N(c4ccc(CC)cc4)C3=O)C2=O)cc1. The third-order valence-electron chi connectivity index (χ3n) is 6.09. The molecule has 0 aliphatic carbocycles. The van der Waals surface area contributed by atoms with Gasteiger partial charge in [-0.3, -0.25) is 19.2 Å². The van der Waals surface area contributed by atoms with Gasteiger partial charge < -0.3 is 5.21 Å². The number of hydrogen-bond acceptors (Lipinski definition) is 6. The number of aryl methyl sites for hydroxylation is 2. The molecule has 32 heavy (non-hydrogen) atoms. The lowest BCUT2D eigenvalue weighted by molar-refractivity contribution is -0.172. The summed E-state index contributed by atoms with van der Waals surface area (Å²) in [4.78, 5) is 53.1. The normalized spacial score (nSPS) is 21.4. The molecule has 2 aliphatic heterocycles. The highest BCUT2D eigenvalue weighted by molar-refractivity contribution is 6.24. The summed E-state index contributed by atoms with van der Waals surface area (Å²) in [6.07, 6.45) is 1.11. The topological polar surface area (TPSA) is 98.2 Å². The second kappa shape index (κ2) is 8.64. The highest BCUT2D eigenvalue weighted by Crippen LogP contribution is 2.31. The van der Waals surface area contributed by atoms with Crippen molar-refractivity contribution >= 4 is 35.0 Å². The molecule has 2 heterocycles. The second-order valence-corrected chi connectivity index (χ2v) is 7.99. The monoisotopic (exact) mass is 435 g/mol. The fourth-order valence-corrected chi connectivity index (χ4v) is 4.17. The van der Waals surface area contributed by atoms with Crippen LogP contribution < -0.4 is 9.80 Å². The number of rotatable bonds is 6. The van der Waals surface area contributed by atoms with Gasteiger partial charge in [-0.15, -0.1) is 0 Å². The summed E-state index contributed by atoms with van der Waals surface area (Å²) >= 11 is 0. The van der Waals surface area contributed by atoms with Gasteiger partial charge in [-0.25, -0.2) is 9.80 Å². The van der Waals surface area contributed by atoms with Crippen LogP contribution in [-0.2, 0) is 32.0 Å². The molecule has 0 spiro atoms. The van der Waals surface area contributed by atoms with Gasteiger partial charge in [-0.05, 0) is 48.2 Å². The molecule has 4 rings (SSSR count). The number of anilines is 2. The lowest BCUT2D eigenvalue weighted by Crippen LogP contribution is -2.49. The Bertz CT molecular complexity index is 979. The second-order valence-electron chi connectivity index (χ2n) is 7.99. The van der Waals surface area contributed by atoms with Crippen LogP contribution in [0.1, 0.15) is 37.8 Å². The molecular formula is C24H25N3O5. The van der Waals surface area contributed by atoms with Crippen molar-refractivity contribution < 1.29 is 24.4 Å². The molecule has 2 aliphatic rings. The first-order chi connectivity index (χ1) is 15.3. The van der Waals surface area contributed by atoms with E-state index in [1.165, 1.54) is 0 Å². The molecule has 2 fully saturated rings. The van der Waals surface area contributed by atoms with E-state index in [4.69, 9.17) is 0 Å². The summed E-state index contributed by atoms with van der Waals surface area (Å²) in [6.45, 7) is 4.00. The smallest absolute Gasteiger partial charge is 0.254 e. The van der Waals surface area contributed by atoms with Crippen molar-refractivity contribution in [3.63, 3.8) is 0 Å². The van der Waals surface area contributed by atoms with Crippen LogP contribution in [0.3, 0.4) is 0 Å². The van der Waals surface area contributed by atoms with E-state index in [0.717, 1.165) is 33.8 Å². The molecule has 2 aromatic carbocycles. The van der Waals surface area contributed by atoms with E-state index in [2.05, 4.69) is 0 Å². The van der Waals surface area contributed by atoms with E-state index >= 15 is 0 Å². The number of carbonyl (C=O) groups excluding carboxylic acids is 4. The van der Waals surface area contributed by atoms with E-state index in [9.17, 15) is 24.4 Å². The molecule has 0 saturated carbocycles. The highest BCUT2D eigenvalue weighted by Gasteiger charge is 2.50. The van der Waals surface area contributed by atoms with Crippen molar-refractivity contribution in [2.75, 3.05) is 9.80 Å². The zero-order chi connectivity index (χ0) is 23.0. The first kappa shape index (κ1) is 21.9. The molecule has 8 nitrogen and oxygen atoms in total. The minimum absolute atomic E-state index is 0.270. The van der Waals surface area contributed by atoms with E-state index in [1.54, 1.807) is 24.3 Å². The number of amides is 4. The van der Waals surface area contributed by atoms with Crippen molar-refractivity contribution in [2.45, 2.75) is 51.6 Å². The van der Waals surface area contributed by atoms with Gasteiger partial charge in [0.2, 0.25) is 11.8 Å². The maximum Gasteiger partial charge on any atom is 0.254 e. The molecule has 2 aromatic rings. The molecule has 2 atom stereocenters. The van der Waals surface area contributed by atoms with Crippen LogP contribution >= 0.6 is 0 Å². The van der Waals surface area contributed by atoms with Crippen molar-refractivity contribution in [3.8, 4) is 0 Å². The van der Waals surface area contributed by atoms with Gasteiger partial charge in [-0.1, -0.05) is 38.1 Å². The van der Waals surface area contributed by atoms with Gasteiger partial charge in [0.15, 0.2) is 0 Å². The number of hydrogen-bond donors (Lipinski definition) is 1. The lowest BCUT2D eigenvalue weighted by Gasteiger charge is -2.25. The van der Waals surface area contributed by atoms with Gasteiger partial charge in [0.25, 0.3) is 11.8 Å². The van der Waals surface area contributed by atoms with Gasteiger partial charge in [0.05, 0.1) is 24.2 Å². The summed E-state index contributed by atoms with van der Waals surface area (Å²) in [5.74, 6) is -2.17. The molecule has 0 unspecified atom stereocenters. The summed E-state index contributed by atoms with van der Waals surface area (Å²) in [7, 11) is 0. The van der Waals surface area contributed by atoms with Gasteiger partial charge in [0, 0.05) is 0 Å². The lowest BCUT2D eigenvalue weighted by atomic mass is 10.1. The van der Waals surface area contributed by atoms with E-state index in [1.807, 2.05) is 38.1 Å². The Balaban J connectivity index is 1.53. The first-order valence-corrected chi connectivity index (χ1v) is 10.7.